The highest BCUT2D eigenvalue weighted by Crippen LogP contribution is 2.12. The fourth-order valence-electron chi connectivity index (χ4n) is 1.94. The Hall–Kier alpha value is -0.840. The Kier molecular flexibility index (Phi) is 3.98. The molecule has 16 heavy (non-hydrogen) atoms. The first-order valence-electron chi connectivity index (χ1n) is 5.82. The van der Waals surface area contributed by atoms with Gasteiger partial charge in [0.15, 0.2) is 0 Å². The lowest BCUT2D eigenvalue weighted by atomic mass is 10.2. The van der Waals surface area contributed by atoms with E-state index in [1.54, 1.807) is 6.26 Å². The normalized spacial score (nSPS) is 24.5. The molecule has 1 aromatic heterocycles. The molecule has 1 N–H and O–H groups in total. The van der Waals surface area contributed by atoms with E-state index in [1.807, 2.05) is 12.1 Å². The monoisotopic (exact) mass is 224 g/mol. The number of nitrogens with zero attached hydrogens (tertiary/aromatic N) is 1. The van der Waals surface area contributed by atoms with Crippen LogP contribution in [0.2, 0.25) is 0 Å². The number of rotatable bonds is 4. The van der Waals surface area contributed by atoms with Gasteiger partial charge >= 0.3 is 0 Å². The Morgan fingerprint density at radius 1 is 1.62 bits per heavy atom. The molecular formula is C12H20N2O2. The van der Waals surface area contributed by atoms with Crippen LogP contribution in [0.15, 0.2) is 22.8 Å². The number of hydrogen-bond donors (Lipinski definition) is 1. The lowest BCUT2D eigenvalue weighted by Crippen LogP contribution is -2.45. The van der Waals surface area contributed by atoms with E-state index in [-0.39, 0.29) is 12.1 Å². The first-order valence-corrected chi connectivity index (χ1v) is 5.82. The van der Waals surface area contributed by atoms with Crippen LogP contribution in [0.5, 0.6) is 0 Å². The molecule has 1 aliphatic rings. The smallest absolute Gasteiger partial charge is 0.120 e. The maximum Gasteiger partial charge on any atom is 0.120 e. The van der Waals surface area contributed by atoms with E-state index in [2.05, 4.69) is 24.2 Å². The molecule has 0 amide bonds. The molecule has 2 heterocycles. The van der Waals surface area contributed by atoms with Crippen molar-refractivity contribution in [3.8, 4) is 0 Å². The Morgan fingerprint density at radius 2 is 2.50 bits per heavy atom. The first kappa shape index (κ1) is 11.6. The number of likely N-dealkylation sites (N-methyl/N-ethyl adjacent to an activating group) is 1. The molecule has 0 aromatic carbocycles. The van der Waals surface area contributed by atoms with Crippen molar-refractivity contribution in [3.63, 3.8) is 0 Å². The molecule has 0 radical (unpaired) electrons. The van der Waals surface area contributed by atoms with Gasteiger partial charge in [0.1, 0.15) is 5.76 Å². The summed E-state index contributed by atoms with van der Waals surface area (Å²) in [6.07, 6.45) is 1.99. The minimum atomic E-state index is 0.242. The zero-order valence-electron chi connectivity index (χ0n) is 9.98. The highest BCUT2D eigenvalue weighted by atomic mass is 16.5. The van der Waals surface area contributed by atoms with E-state index >= 15 is 0 Å². The summed E-state index contributed by atoms with van der Waals surface area (Å²) in [6.45, 7) is 5.83. The summed E-state index contributed by atoms with van der Waals surface area (Å²) in [6, 6.07) is 4.15. The Balaban J connectivity index is 1.74. The van der Waals surface area contributed by atoms with Gasteiger partial charge in [-0.25, -0.2) is 0 Å². The van der Waals surface area contributed by atoms with Gasteiger partial charge in [0.05, 0.1) is 25.0 Å². The van der Waals surface area contributed by atoms with Crippen LogP contribution in [0.1, 0.15) is 18.7 Å². The molecule has 4 nitrogen and oxygen atoms in total. The molecule has 0 aliphatic carbocycles. The zero-order valence-corrected chi connectivity index (χ0v) is 9.98. The summed E-state index contributed by atoms with van der Waals surface area (Å²) < 4.78 is 11.0. The van der Waals surface area contributed by atoms with Crippen molar-refractivity contribution in [2.24, 2.45) is 0 Å². The molecule has 2 rings (SSSR count). The van der Waals surface area contributed by atoms with E-state index in [4.69, 9.17) is 9.15 Å². The van der Waals surface area contributed by atoms with Gasteiger partial charge in [-0.3, -0.25) is 0 Å². The third kappa shape index (κ3) is 3.07. The van der Waals surface area contributed by atoms with Crippen LogP contribution in [0.4, 0.5) is 0 Å². The minimum Gasteiger partial charge on any atom is -0.468 e. The summed E-state index contributed by atoms with van der Waals surface area (Å²) in [5.41, 5.74) is 0. The number of nitrogens with one attached hydrogen (secondary N) is 1. The van der Waals surface area contributed by atoms with E-state index in [0.717, 1.165) is 32.0 Å². The Morgan fingerprint density at radius 3 is 3.19 bits per heavy atom. The number of furan rings is 1. The Bertz CT molecular complexity index is 300. The molecule has 2 unspecified atom stereocenters. The van der Waals surface area contributed by atoms with Crippen molar-refractivity contribution >= 4 is 0 Å². The predicted octanol–water partition coefficient (Wildman–Crippen LogP) is 1.26. The van der Waals surface area contributed by atoms with Crippen molar-refractivity contribution in [2.45, 2.75) is 19.1 Å². The first-order chi connectivity index (χ1) is 7.75. The number of ether oxygens (including phenoxy) is 1. The third-order valence-electron chi connectivity index (χ3n) is 2.96. The molecule has 0 saturated carbocycles. The molecular weight excluding hydrogens is 204 g/mol. The fraction of sp³-hybridized carbons (Fsp3) is 0.667. The second kappa shape index (κ2) is 5.48. The van der Waals surface area contributed by atoms with Gasteiger partial charge in [-0.15, -0.1) is 0 Å². The quantitative estimate of drug-likeness (QED) is 0.835. The maximum atomic E-state index is 5.68. The number of morpholine rings is 1. The van der Waals surface area contributed by atoms with E-state index in [9.17, 15) is 0 Å². The second-order valence-electron chi connectivity index (χ2n) is 4.40. The fourth-order valence-corrected chi connectivity index (χ4v) is 1.94. The lowest BCUT2D eigenvalue weighted by molar-refractivity contribution is -0.0193. The van der Waals surface area contributed by atoms with Gasteiger partial charge in [0, 0.05) is 19.6 Å². The molecule has 90 valence electrons. The van der Waals surface area contributed by atoms with Crippen LogP contribution >= 0.6 is 0 Å². The standard InChI is InChI=1S/C12H20N2O2/c1-10(12-4-3-6-16-12)13-8-11-9-14(2)5-7-15-11/h3-4,6,10-11,13H,5,7-9H2,1-2H3. The highest BCUT2D eigenvalue weighted by molar-refractivity contribution is 5.02. The van der Waals surface area contributed by atoms with Crippen molar-refractivity contribution in [3.05, 3.63) is 24.2 Å². The molecule has 1 aromatic rings. The molecule has 0 bridgehead atoms. The largest absolute Gasteiger partial charge is 0.468 e. The van der Waals surface area contributed by atoms with Crippen LogP contribution < -0.4 is 5.32 Å². The molecule has 0 spiro atoms. The average molecular weight is 224 g/mol. The summed E-state index contributed by atoms with van der Waals surface area (Å²) in [4.78, 5) is 2.30. The molecule has 4 heteroatoms. The van der Waals surface area contributed by atoms with E-state index in [1.165, 1.54) is 0 Å². The van der Waals surface area contributed by atoms with E-state index in [0.29, 0.717) is 0 Å². The van der Waals surface area contributed by atoms with Gasteiger partial charge in [0.2, 0.25) is 0 Å². The lowest BCUT2D eigenvalue weighted by Gasteiger charge is -2.30. The van der Waals surface area contributed by atoms with Crippen molar-refractivity contribution in [1.29, 1.82) is 0 Å². The van der Waals surface area contributed by atoms with Gasteiger partial charge in [-0.1, -0.05) is 0 Å². The van der Waals surface area contributed by atoms with E-state index < -0.39 is 0 Å². The maximum absolute atomic E-state index is 5.68. The van der Waals surface area contributed by atoms with Crippen molar-refractivity contribution in [2.75, 3.05) is 33.3 Å². The van der Waals surface area contributed by atoms with Gasteiger partial charge < -0.3 is 19.4 Å². The molecule has 1 aliphatic heterocycles. The summed E-state index contributed by atoms with van der Waals surface area (Å²) in [7, 11) is 2.13. The Labute approximate surface area is 96.6 Å². The second-order valence-corrected chi connectivity index (χ2v) is 4.40. The van der Waals surface area contributed by atoms with Crippen molar-refractivity contribution in [1.82, 2.24) is 10.2 Å². The van der Waals surface area contributed by atoms with Gasteiger partial charge in [-0.05, 0) is 26.1 Å². The average Bonchev–Trinajstić information content (AvgIpc) is 2.79. The molecule has 1 fully saturated rings. The van der Waals surface area contributed by atoms with Crippen LogP contribution in [0, 0.1) is 0 Å². The topological polar surface area (TPSA) is 37.6 Å². The highest BCUT2D eigenvalue weighted by Gasteiger charge is 2.18. The van der Waals surface area contributed by atoms with Crippen LogP contribution in [-0.4, -0.2) is 44.3 Å². The number of hydrogen-bond acceptors (Lipinski definition) is 4. The third-order valence-corrected chi connectivity index (χ3v) is 2.96. The van der Waals surface area contributed by atoms with Crippen LogP contribution in [-0.2, 0) is 4.74 Å². The van der Waals surface area contributed by atoms with Gasteiger partial charge in [0.25, 0.3) is 0 Å². The molecule has 1 saturated heterocycles. The minimum absolute atomic E-state index is 0.242. The van der Waals surface area contributed by atoms with Crippen LogP contribution in [0.25, 0.3) is 0 Å². The van der Waals surface area contributed by atoms with Crippen LogP contribution in [0.3, 0.4) is 0 Å². The summed E-state index contributed by atoms with van der Waals surface area (Å²) >= 11 is 0. The zero-order chi connectivity index (χ0) is 11.4. The van der Waals surface area contributed by atoms with Gasteiger partial charge in [-0.2, -0.15) is 0 Å². The predicted molar refractivity (Wildman–Crippen MR) is 62.4 cm³/mol. The summed E-state index contributed by atoms with van der Waals surface area (Å²) in [5.74, 6) is 0.976. The summed E-state index contributed by atoms with van der Waals surface area (Å²) in [5, 5.41) is 3.43. The SMILES string of the molecule is CC(NCC1CN(C)CCO1)c1ccco1. The molecule has 2 atom stereocenters. The van der Waals surface area contributed by atoms with Crippen molar-refractivity contribution < 1.29 is 9.15 Å².